The van der Waals surface area contributed by atoms with Crippen molar-refractivity contribution in [2.45, 2.75) is 19.8 Å². The van der Waals surface area contributed by atoms with Crippen molar-refractivity contribution in [1.82, 2.24) is 9.88 Å². The summed E-state index contributed by atoms with van der Waals surface area (Å²) in [6, 6.07) is 8.92. The zero-order valence-electron chi connectivity index (χ0n) is 15.2. The van der Waals surface area contributed by atoms with Gasteiger partial charge in [-0.25, -0.2) is 0 Å². The number of amides is 1. The molecule has 1 amide bonds. The van der Waals surface area contributed by atoms with Crippen LogP contribution >= 0.6 is 0 Å². The molecule has 0 bridgehead atoms. The van der Waals surface area contributed by atoms with E-state index in [0.29, 0.717) is 19.7 Å². The summed E-state index contributed by atoms with van der Waals surface area (Å²) in [6.07, 6.45) is 3.42. The van der Waals surface area contributed by atoms with Crippen LogP contribution in [-0.2, 0) is 0 Å². The fraction of sp³-hybridized carbons (Fsp3) is 0.400. The Morgan fingerprint density at radius 2 is 2.00 bits per heavy atom. The number of ether oxygens (including phenoxy) is 2. The van der Waals surface area contributed by atoms with Crippen LogP contribution in [0.15, 0.2) is 41.3 Å². The topological polar surface area (TPSA) is 71.6 Å². The number of hydrogen-bond donors (Lipinski definition) is 1. The van der Waals surface area contributed by atoms with Crippen LogP contribution < -0.4 is 14.9 Å². The van der Waals surface area contributed by atoms with Crippen LogP contribution in [0.4, 0.5) is 0 Å². The highest BCUT2D eigenvalue weighted by molar-refractivity contribution is 5.93. The van der Waals surface area contributed by atoms with Crippen molar-refractivity contribution in [2.75, 3.05) is 26.8 Å². The Labute approximate surface area is 152 Å². The number of H-pyrrole nitrogens is 1. The van der Waals surface area contributed by atoms with Gasteiger partial charge in [-0.05, 0) is 44.0 Å². The lowest BCUT2D eigenvalue weighted by atomic mass is 9.98. The molecule has 1 N–H and O–H groups in total. The number of aromatic nitrogens is 1. The fourth-order valence-electron chi connectivity index (χ4n) is 3.18. The van der Waals surface area contributed by atoms with E-state index in [-0.39, 0.29) is 22.8 Å². The second-order valence-electron chi connectivity index (χ2n) is 6.64. The van der Waals surface area contributed by atoms with Gasteiger partial charge < -0.3 is 19.4 Å². The van der Waals surface area contributed by atoms with Crippen molar-refractivity contribution >= 4 is 5.91 Å². The molecule has 1 atom stereocenters. The van der Waals surface area contributed by atoms with Crippen LogP contribution in [0.25, 0.3) is 0 Å². The Bertz CT molecular complexity index is 813. The van der Waals surface area contributed by atoms with Crippen LogP contribution in [0.1, 0.15) is 28.9 Å². The van der Waals surface area contributed by atoms with Crippen LogP contribution in [0.5, 0.6) is 11.5 Å². The van der Waals surface area contributed by atoms with Gasteiger partial charge in [-0.1, -0.05) is 0 Å². The summed E-state index contributed by atoms with van der Waals surface area (Å²) in [5, 5.41) is 0. The number of nitrogens with one attached hydrogen (secondary N) is 1. The first-order valence-electron chi connectivity index (χ1n) is 8.82. The second-order valence-corrected chi connectivity index (χ2v) is 6.64. The van der Waals surface area contributed by atoms with Gasteiger partial charge in [0.2, 0.25) is 0 Å². The van der Waals surface area contributed by atoms with Crippen LogP contribution in [0, 0.1) is 12.8 Å². The van der Waals surface area contributed by atoms with E-state index in [1.165, 1.54) is 12.3 Å². The minimum atomic E-state index is -0.233. The van der Waals surface area contributed by atoms with Gasteiger partial charge in [-0.15, -0.1) is 0 Å². The Hall–Kier alpha value is -2.76. The number of pyridine rings is 1. The Balaban J connectivity index is 1.59. The Morgan fingerprint density at radius 3 is 2.69 bits per heavy atom. The highest BCUT2D eigenvalue weighted by Crippen LogP contribution is 2.21. The minimum absolute atomic E-state index is 0.201. The van der Waals surface area contributed by atoms with E-state index >= 15 is 0 Å². The number of methoxy groups -OCH3 is 1. The summed E-state index contributed by atoms with van der Waals surface area (Å²) < 4.78 is 11.0. The molecule has 6 nitrogen and oxygen atoms in total. The standard InChI is InChI=1S/C20H24N2O4/c1-14-10-19(23)18(11-21-14)20(24)22-9-3-4-15(12-22)13-26-17-7-5-16(25-2)6-8-17/h5-8,10-11,15H,3-4,9,12-13H2,1-2H3,(H,21,23)/t15-/m1/s1. The van der Waals surface area contributed by atoms with Crippen molar-refractivity contribution < 1.29 is 14.3 Å². The maximum atomic E-state index is 12.7. The first-order valence-corrected chi connectivity index (χ1v) is 8.82. The summed E-state index contributed by atoms with van der Waals surface area (Å²) in [4.78, 5) is 29.4. The van der Waals surface area contributed by atoms with Gasteiger partial charge in [0.05, 0.1) is 13.7 Å². The lowest BCUT2D eigenvalue weighted by Gasteiger charge is -2.32. The molecule has 0 unspecified atom stereocenters. The molecule has 0 radical (unpaired) electrons. The number of benzene rings is 1. The van der Waals surface area contributed by atoms with E-state index in [1.807, 2.05) is 24.3 Å². The molecule has 0 aliphatic carbocycles. The maximum absolute atomic E-state index is 12.7. The summed E-state index contributed by atoms with van der Waals surface area (Å²) in [6.45, 7) is 3.61. The average Bonchev–Trinajstić information content (AvgIpc) is 2.66. The highest BCUT2D eigenvalue weighted by atomic mass is 16.5. The van der Waals surface area contributed by atoms with Crippen molar-refractivity contribution in [2.24, 2.45) is 5.92 Å². The number of rotatable bonds is 5. The first-order chi connectivity index (χ1) is 12.6. The van der Waals surface area contributed by atoms with Crippen LogP contribution in [0.2, 0.25) is 0 Å². The molecule has 138 valence electrons. The van der Waals surface area contributed by atoms with Gasteiger partial charge in [0.15, 0.2) is 5.43 Å². The monoisotopic (exact) mass is 356 g/mol. The lowest BCUT2D eigenvalue weighted by Crippen LogP contribution is -2.43. The zero-order valence-corrected chi connectivity index (χ0v) is 15.2. The molecule has 3 rings (SSSR count). The molecule has 26 heavy (non-hydrogen) atoms. The summed E-state index contributed by atoms with van der Waals surface area (Å²) >= 11 is 0. The van der Waals surface area contributed by atoms with Gasteiger partial charge in [-0.3, -0.25) is 9.59 Å². The molecule has 1 saturated heterocycles. The highest BCUT2D eigenvalue weighted by Gasteiger charge is 2.26. The average molecular weight is 356 g/mol. The van der Waals surface area contributed by atoms with Crippen molar-refractivity contribution in [3.8, 4) is 11.5 Å². The van der Waals surface area contributed by atoms with Gasteiger partial charge >= 0.3 is 0 Å². The molecule has 0 spiro atoms. The SMILES string of the molecule is COc1ccc(OC[C@@H]2CCCN(C(=O)c3c[nH]c(C)cc3=O)C2)cc1. The predicted octanol–water partition coefficient (Wildman–Crippen LogP) is 2.62. The zero-order chi connectivity index (χ0) is 18.5. The second kappa shape index (κ2) is 8.08. The van der Waals surface area contributed by atoms with E-state index in [2.05, 4.69) is 4.98 Å². The van der Waals surface area contributed by atoms with Gasteiger partial charge in [0.1, 0.15) is 17.1 Å². The number of carbonyl (C=O) groups is 1. The van der Waals surface area contributed by atoms with Crippen molar-refractivity contribution in [3.63, 3.8) is 0 Å². The number of carbonyl (C=O) groups excluding carboxylic acids is 1. The lowest BCUT2D eigenvalue weighted by molar-refractivity contribution is 0.0631. The van der Waals surface area contributed by atoms with E-state index in [9.17, 15) is 9.59 Å². The number of nitrogens with zero attached hydrogens (tertiary/aromatic N) is 1. The van der Waals surface area contributed by atoms with Gasteiger partial charge in [0.25, 0.3) is 5.91 Å². The smallest absolute Gasteiger partial charge is 0.259 e. The minimum Gasteiger partial charge on any atom is -0.497 e. The molecule has 1 aliphatic heterocycles. The third-order valence-electron chi connectivity index (χ3n) is 4.64. The van der Waals surface area contributed by atoms with E-state index in [1.54, 1.807) is 18.9 Å². The largest absolute Gasteiger partial charge is 0.497 e. The molecular formula is C20H24N2O4. The van der Waals surface area contributed by atoms with E-state index in [4.69, 9.17) is 9.47 Å². The molecule has 2 aromatic rings. The molecule has 6 heteroatoms. The predicted molar refractivity (Wildman–Crippen MR) is 98.9 cm³/mol. The molecule has 1 aliphatic rings. The van der Waals surface area contributed by atoms with Gasteiger partial charge in [0, 0.05) is 37.0 Å². The number of likely N-dealkylation sites (tertiary alicyclic amines) is 1. The third-order valence-corrected chi connectivity index (χ3v) is 4.64. The van der Waals surface area contributed by atoms with Crippen molar-refractivity contribution in [1.29, 1.82) is 0 Å². The Morgan fingerprint density at radius 1 is 1.27 bits per heavy atom. The molecule has 0 saturated carbocycles. The molecule has 1 aromatic carbocycles. The van der Waals surface area contributed by atoms with Crippen LogP contribution in [0.3, 0.4) is 0 Å². The van der Waals surface area contributed by atoms with Crippen LogP contribution in [-0.4, -0.2) is 42.6 Å². The van der Waals surface area contributed by atoms with Crippen molar-refractivity contribution in [3.05, 3.63) is 58.0 Å². The number of hydrogen-bond acceptors (Lipinski definition) is 4. The third kappa shape index (κ3) is 4.25. The molecular weight excluding hydrogens is 332 g/mol. The van der Waals surface area contributed by atoms with Gasteiger partial charge in [-0.2, -0.15) is 0 Å². The van der Waals surface area contributed by atoms with E-state index < -0.39 is 0 Å². The Kier molecular flexibility index (Phi) is 5.61. The molecule has 2 heterocycles. The quantitative estimate of drug-likeness (QED) is 0.894. The van der Waals surface area contributed by atoms with E-state index in [0.717, 1.165) is 30.0 Å². The first kappa shape index (κ1) is 18.0. The number of piperidine rings is 1. The summed E-state index contributed by atoms with van der Waals surface area (Å²) in [5.74, 6) is 1.61. The molecule has 1 fully saturated rings. The fourth-order valence-corrected chi connectivity index (χ4v) is 3.18. The normalized spacial score (nSPS) is 17.0. The summed E-state index contributed by atoms with van der Waals surface area (Å²) in [7, 11) is 1.63. The number of aryl methyl sites for hydroxylation is 1. The maximum Gasteiger partial charge on any atom is 0.259 e. The molecule has 1 aromatic heterocycles. The number of aromatic amines is 1. The summed E-state index contributed by atoms with van der Waals surface area (Å²) in [5.41, 5.74) is 0.714.